The Morgan fingerprint density at radius 2 is 2.05 bits per heavy atom. The number of nitrogens with one attached hydrogen (secondary N) is 1. The second-order valence-electron chi connectivity index (χ2n) is 5.36. The van der Waals surface area contributed by atoms with Crippen LogP contribution in [0.2, 0.25) is 0 Å². The molecule has 1 nitrogen and oxygen atoms in total. The molecule has 0 heterocycles. The summed E-state index contributed by atoms with van der Waals surface area (Å²) in [5, 5.41) is 3.45. The fraction of sp³-hybridized carbons (Fsp3) is 0.600. The van der Waals surface area contributed by atoms with Gasteiger partial charge in [0.05, 0.1) is 5.56 Å². The molecule has 1 unspecified atom stereocenters. The van der Waals surface area contributed by atoms with E-state index in [1.807, 2.05) is 0 Å². The number of benzene rings is 1. The zero-order chi connectivity index (χ0) is 13.9. The van der Waals surface area contributed by atoms with Gasteiger partial charge in [0.25, 0.3) is 0 Å². The summed E-state index contributed by atoms with van der Waals surface area (Å²) in [6.07, 6.45) is -0.0833. The quantitative estimate of drug-likeness (QED) is 0.823. The molecule has 0 saturated heterocycles. The molecule has 1 aromatic rings. The highest BCUT2D eigenvalue weighted by molar-refractivity contribution is 5.26. The van der Waals surface area contributed by atoms with E-state index in [4.69, 9.17) is 0 Å². The summed E-state index contributed by atoms with van der Waals surface area (Å²) in [5.41, 5.74) is 0.231. The summed E-state index contributed by atoms with van der Waals surface area (Å²) >= 11 is 0. The molecule has 0 aromatic heterocycles. The maximum Gasteiger partial charge on any atom is 0.416 e. The third-order valence-corrected chi connectivity index (χ3v) is 3.63. The minimum atomic E-state index is -4.25. The number of alkyl halides is 3. The molecule has 0 radical (unpaired) electrons. The molecule has 1 saturated carbocycles. The summed E-state index contributed by atoms with van der Waals surface area (Å²) < 4.78 is 37.9. The smallest absolute Gasteiger partial charge is 0.314 e. The Labute approximate surface area is 112 Å². The lowest BCUT2D eigenvalue weighted by Gasteiger charge is -2.16. The van der Waals surface area contributed by atoms with E-state index in [-0.39, 0.29) is 0 Å². The summed E-state index contributed by atoms with van der Waals surface area (Å²) in [4.78, 5) is 0. The minimum Gasteiger partial charge on any atom is -0.314 e. The molecule has 4 heteroatoms. The van der Waals surface area contributed by atoms with E-state index in [9.17, 15) is 13.2 Å². The predicted octanol–water partition coefficient (Wildman–Crippen LogP) is 4.03. The topological polar surface area (TPSA) is 12.0 Å². The highest BCUT2D eigenvalue weighted by Crippen LogP contribution is 2.30. The first-order valence-corrected chi connectivity index (χ1v) is 6.88. The molecule has 0 aliphatic heterocycles. The zero-order valence-corrected chi connectivity index (χ0v) is 11.1. The highest BCUT2D eigenvalue weighted by atomic mass is 19.4. The molecular weight excluding hydrogens is 251 g/mol. The van der Waals surface area contributed by atoms with Gasteiger partial charge in [-0.3, -0.25) is 0 Å². The Kier molecular flexibility index (Phi) is 4.50. The fourth-order valence-corrected chi connectivity index (χ4v) is 2.19. The van der Waals surface area contributed by atoms with Gasteiger partial charge in [0.1, 0.15) is 0 Å². The molecule has 1 aliphatic carbocycles. The second kappa shape index (κ2) is 5.95. The Bertz CT molecular complexity index is 410. The van der Waals surface area contributed by atoms with Crippen LogP contribution >= 0.6 is 0 Å². The molecule has 0 bridgehead atoms. The molecule has 106 valence electrons. The lowest BCUT2D eigenvalue weighted by Crippen LogP contribution is -2.25. The third-order valence-electron chi connectivity index (χ3n) is 3.63. The van der Waals surface area contributed by atoms with Crippen LogP contribution in [0.1, 0.15) is 37.3 Å². The van der Waals surface area contributed by atoms with Crippen LogP contribution in [0.4, 0.5) is 13.2 Å². The van der Waals surface area contributed by atoms with E-state index in [0.29, 0.717) is 18.4 Å². The lowest BCUT2D eigenvalue weighted by atomic mass is 9.95. The molecule has 2 rings (SSSR count). The Morgan fingerprint density at radius 3 is 2.63 bits per heavy atom. The average molecular weight is 271 g/mol. The van der Waals surface area contributed by atoms with E-state index in [1.54, 1.807) is 6.07 Å². The van der Waals surface area contributed by atoms with Crippen LogP contribution in [0.3, 0.4) is 0 Å². The van der Waals surface area contributed by atoms with E-state index in [2.05, 4.69) is 12.2 Å². The van der Waals surface area contributed by atoms with Crippen LogP contribution in [0.25, 0.3) is 0 Å². The van der Waals surface area contributed by atoms with Gasteiger partial charge in [0.2, 0.25) is 0 Å². The van der Waals surface area contributed by atoms with Crippen molar-refractivity contribution in [2.24, 2.45) is 5.92 Å². The summed E-state index contributed by atoms with van der Waals surface area (Å²) in [6.45, 7) is 2.99. The van der Waals surface area contributed by atoms with Gasteiger partial charge in [-0.2, -0.15) is 13.2 Å². The van der Waals surface area contributed by atoms with Crippen molar-refractivity contribution in [3.05, 3.63) is 35.4 Å². The van der Waals surface area contributed by atoms with Gasteiger partial charge in [-0.05, 0) is 43.4 Å². The molecule has 0 spiro atoms. The van der Waals surface area contributed by atoms with Crippen molar-refractivity contribution < 1.29 is 13.2 Å². The molecule has 1 aromatic carbocycles. The SMILES string of the molecule is CCC(CNC1CC1)Cc1cccc(C(F)(F)F)c1. The number of hydrogen-bond acceptors (Lipinski definition) is 1. The Balaban J connectivity index is 1.95. The average Bonchev–Trinajstić information content (AvgIpc) is 3.18. The van der Waals surface area contributed by atoms with Gasteiger partial charge in [-0.25, -0.2) is 0 Å². The fourth-order valence-electron chi connectivity index (χ4n) is 2.19. The van der Waals surface area contributed by atoms with Crippen molar-refractivity contribution in [2.45, 2.75) is 44.8 Å². The van der Waals surface area contributed by atoms with E-state index >= 15 is 0 Å². The molecule has 1 atom stereocenters. The summed E-state index contributed by atoms with van der Waals surface area (Å²) in [7, 11) is 0. The number of halogens is 3. The van der Waals surface area contributed by atoms with Crippen LogP contribution in [-0.2, 0) is 12.6 Å². The minimum absolute atomic E-state index is 0.407. The molecule has 1 aliphatic rings. The molecule has 1 fully saturated rings. The zero-order valence-electron chi connectivity index (χ0n) is 11.1. The van der Waals surface area contributed by atoms with Crippen molar-refractivity contribution in [1.29, 1.82) is 0 Å². The van der Waals surface area contributed by atoms with E-state index < -0.39 is 11.7 Å². The number of hydrogen-bond donors (Lipinski definition) is 1. The van der Waals surface area contributed by atoms with E-state index in [0.717, 1.165) is 24.6 Å². The Hall–Kier alpha value is -1.03. The van der Waals surface area contributed by atoms with Crippen molar-refractivity contribution in [3.63, 3.8) is 0 Å². The van der Waals surface area contributed by atoms with Crippen LogP contribution in [0.15, 0.2) is 24.3 Å². The maximum atomic E-state index is 12.6. The molecular formula is C15H20F3N. The first-order chi connectivity index (χ1) is 8.99. The first-order valence-electron chi connectivity index (χ1n) is 6.88. The van der Waals surface area contributed by atoms with Crippen molar-refractivity contribution in [1.82, 2.24) is 5.32 Å². The Morgan fingerprint density at radius 1 is 1.32 bits per heavy atom. The van der Waals surface area contributed by atoms with Gasteiger partial charge < -0.3 is 5.32 Å². The normalized spacial score (nSPS) is 17.5. The lowest BCUT2D eigenvalue weighted by molar-refractivity contribution is -0.137. The third kappa shape index (κ3) is 4.53. The van der Waals surface area contributed by atoms with Crippen LogP contribution in [0.5, 0.6) is 0 Å². The maximum absolute atomic E-state index is 12.6. The molecule has 1 N–H and O–H groups in total. The molecule has 0 amide bonds. The van der Waals surface area contributed by atoms with Crippen LogP contribution in [-0.4, -0.2) is 12.6 Å². The largest absolute Gasteiger partial charge is 0.416 e. The number of rotatable bonds is 6. The van der Waals surface area contributed by atoms with E-state index in [1.165, 1.54) is 25.0 Å². The molecule has 19 heavy (non-hydrogen) atoms. The predicted molar refractivity (Wildman–Crippen MR) is 70.0 cm³/mol. The standard InChI is InChI=1S/C15H20F3N/c1-2-11(10-19-14-6-7-14)8-12-4-3-5-13(9-12)15(16,17)18/h3-5,9,11,14,19H,2,6-8,10H2,1H3. The van der Waals surface area contributed by atoms with Gasteiger partial charge >= 0.3 is 6.18 Å². The monoisotopic (exact) mass is 271 g/mol. The first kappa shape index (κ1) is 14.4. The summed E-state index contributed by atoms with van der Waals surface area (Å²) in [5.74, 6) is 0.407. The van der Waals surface area contributed by atoms with Crippen molar-refractivity contribution in [2.75, 3.05) is 6.54 Å². The van der Waals surface area contributed by atoms with Crippen molar-refractivity contribution >= 4 is 0 Å². The second-order valence-corrected chi connectivity index (χ2v) is 5.36. The van der Waals surface area contributed by atoms with Gasteiger partial charge in [0.15, 0.2) is 0 Å². The van der Waals surface area contributed by atoms with Crippen LogP contribution in [0, 0.1) is 5.92 Å². The van der Waals surface area contributed by atoms with Crippen molar-refractivity contribution in [3.8, 4) is 0 Å². The highest BCUT2D eigenvalue weighted by Gasteiger charge is 2.30. The van der Waals surface area contributed by atoms with Crippen LogP contribution < -0.4 is 5.32 Å². The summed E-state index contributed by atoms with van der Waals surface area (Å²) in [6, 6.07) is 6.34. The van der Waals surface area contributed by atoms with Gasteiger partial charge in [-0.15, -0.1) is 0 Å². The van der Waals surface area contributed by atoms with Gasteiger partial charge in [0, 0.05) is 6.04 Å². The van der Waals surface area contributed by atoms with Gasteiger partial charge in [-0.1, -0.05) is 31.5 Å².